The van der Waals surface area contributed by atoms with Crippen LogP contribution in [0.3, 0.4) is 0 Å². The number of fused-ring (bicyclic) bond motifs is 1. The van der Waals surface area contributed by atoms with Gasteiger partial charge in [0.05, 0.1) is 60.3 Å². The van der Waals surface area contributed by atoms with Crippen molar-refractivity contribution in [3.8, 4) is 12.1 Å². The number of nitrogens with zero attached hydrogens (tertiary/aromatic N) is 7. The molecule has 0 aliphatic carbocycles. The van der Waals surface area contributed by atoms with Gasteiger partial charge in [-0.2, -0.15) is 20.0 Å². The van der Waals surface area contributed by atoms with Crippen molar-refractivity contribution in [3.05, 3.63) is 34.6 Å². The van der Waals surface area contributed by atoms with Gasteiger partial charge in [-0.05, 0) is 46.2 Å². The monoisotopic (exact) mass is 681 g/mol. The standard InChI is InChI=1S/C30H36ClN11O6/c1-6-35-25-26-36-14-17(13-33)42(26)40-28(39-25)37-20-9-16(12-32)10-21(24(20)31)41-8-7-19(38-29(45)46-5)22(15-41)47-23(43)11-18(34)27(44)48-30(2,3)4/h9-10,14,18-19,22H,6-8,11,15,34H2,1-5H3,(H,38,45)(H2,35,37,39,40). The highest BCUT2D eigenvalue weighted by Gasteiger charge is 2.36. The number of methoxy groups -OCH3 is 1. The lowest BCUT2D eigenvalue weighted by molar-refractivity contribution is -0.161. The highest BCUT2D eigenvalue weighted by molar-refractivity contribution is 6.36. The lowest BCUT2D eigenvalue weighted by atomic mass is 10.00. The van der Waals surface area contributed by atoms with Crippen LogP contribution in [0.1, 0.15) is 51.8 Å². The molecule has 1 aliphatic heterocycles. The Bertz CT molecular complexity index is 1780. The molecule has 3 heterocycles. The first-order chi connectivity index (χ1) is 22.8. The summed E-state index contributed by atoms with van der Waals surface area (Å²) in [6.45, 7) is 7.82. The van der Waals surface area contributed by atoms with Crippen LogP contribution in [0.5, 0.6) is 0 Å². The zero-order valence-corrected chi connectivity index (χ0v) is 27.8. The summed E-state index contributed by atoms with van der Waals surface area (Å²) in [6, 6.07) is 5.33. The minimum Gasteiger partial charge on any atom is -0.459 e. The van der Waals surface area contributed by atoms with Crippen LogP contribution in [-0.4, -0.2) is 88.1 Å². The second-order valence-corrected chi connectivity index (χ2v) is 12.1. The van der Waals surface area contributed by atoms with Gasteiger partial charge < -0.3 is 40.8 Å². The first-order valence-corrected chi connectivity index (χ1v) is 15.3. The normalized spacial score (nSPS) is 16.6. The lowest BCUT2D eigenvalue weighted by Crippen LogP contribution is -2.56. The minimum absolute atomic E-state index is 0.0453. The first-order valence-electron chi connectivity index (χ1n) is 14.9. The second kappa shape index (κ2) is 15.0. The summed E-state index contributed by atoms with van der Waals surface area (Å²) in [5.41, 5.74) is 6.62. The van der Waals surface area contributed by atoms with Crippen LogP contribution in [0.4, 0.5) is 27.9 Å². The molecule has 0 saturated carbocycles. The van der Waals surface area contributed by atoms with E-state index in [0.29, 0.717) is 36.7 Å². The molecule has 3 unspecified atom stereocenters. The molecule has 254 valence electrons. The fourth-order valence-corrected chi connectivity index (χ4v) is 5.18. The van der Waals surface area contributed by atoms with E-state index in [1.54, 1.807) is 31.7 Å². The summed E-state index contributed by atoms with van der Waals surface area (Å²) >= 11 is 6.91. The van der Waals surface area contributed by atoms with E-state index in [4.69, 9.17) is 31.5 Å². The van der Waals surface area contributed by atoms with Gasteiger partial charge in [0.15, 0.2) is 17.2 Å². The number of rotatable bonds is 10. The van der Waals surface area contributed by atoms with Gasteiger partial charge >= 0.3 is 18.0 Å². The number of piperidine rings is 1. The highest BCUT2D eigenvalue weighted by Crippen LogP contribution is 2.37. The number of alkyl carbamates (subject to hydrolysis) is 1. The van der Waals surface area contributed by atoms with Crippen LogP contribution in [-0.2, 0) is 23.8 Å². The number of hydrogen-bond acceptors (Lipinski definition) is 15. The Morgan fingerprint density at radius 3 is 2.62 bits per heavy atom. The number of carbonyl (C=O) groups excluding carboxylic acids is 3. The van der Waals surface area contributed by atoms with Gasteiger partial charge in [0.25, 0.3) is 0 Å². The van der Waals surface area contributed by atoms with E-state index < -0.39 is 48.2 Å². The molecule has 4 rings (SSSR count). The number of aromatic nitrogens is 4. The van der Waals surface area contributed by atoms with Crippen molar-refractivity contribution < 1.29 is 28.6 Å². The molecule has 17 nitrogen and oxygen atoms in total. The number of ether oxygens (including phenoxy) is 3. The zero-order valence-electron chi connectivity index (χ0n) is 27.0. The molecule has 1 amide bonds. The Morgan fingerprint density at radius 2 is 1.98 bits per heavy atom. The second-order valence-electron chi connectivity index (χ2n) is 11.7. The smallest absolute Gasteiger partial charge is 0.407 e. The predicted octanol–water partition coefficient (Wildman–Crippen LogP) is 2.60. The molecule has 48 heavy (non-hydrogen) atoms. The maximum Gasteiger partial charge on any atom is 0.407 e. The van der Waals surface area contributed by atoms with Crippen molar-refractivity contribution in [2.45, 2.75) is 64.3 Å². The number of nitrogens with two attached hydrogens (primary N) is 1. The van der Waals surface area contributed by atoms with Gasteiger partial charge in [-0.1, -0.05) is 11.6 Å². The molecule has 0 bridgehead atoms. The Balaban J connectivity index is 1.62. The van der Waals surface area contributed by atoms with E-state index in [1.165, 1.54) is 23.9 Å². The lowest BCUT2D eigenvalue weighted by Gasteiger charge is -2.39. The quantitative estimate of drug-likeness (QED) is 0.178. The van der Waals surface area contributed by atoms with Gasteiger partial charge in [0.1, 0.15) is 23.8 Å². The van der Waals surface area contributed by atoms with E-state index in [2.05, 4.69) is 37.1 Å². The number of benzene rings is 1. The molecule has 1 aliphatic rings. The van der Waals surface area contributed by atoms with Gasteiger partial charge in [-0.25, -0.2) is 9.78 Å². The summed E-state index contributed by atoms with van der Waals surface area (Å²) < 4.78 is 17.1. The Morgan fingerprint density at radius 1 is 1.23 bits per heavy atom. The van der Waals surface area contributed by atoms with E-state index in [1.807, 2.05) is 13.0 Å². The summed E-state index contributed by atoms with van der Waals surface area (Å²) in [5, 5.41) is 32.8. The van der Waals surface area contributed by atoms with Gasteiger partial charge in [0.2, 0.25) is 5.95 Å². The van der Waals surface area contributed by atoms with Crippen LogP contribution in [0.2, 0.25) is 5.02 Å². The van der Waals surface area contributed by atoms with Gasteiger partial charge in [-0.15, -0.1) is 5.10 Å². The Kier molecular flexibility index (Phi) is 11.1. The third-order valence-corrected chi connectivity index (χ3v) is 7.41. The highest BCUT2D eigenvalue weighted by atomic mass is 35.5. The number of nitrogens with one attached hydrogen (secondary N) is 3. The average molecular weight is 682 g/mol. The van der Waals surface area contributed by atoms with Crippen molar-refractivity contribution in [2.24, 2.45) is 5.73 Å². The molecule has 0 radical (unpaired) electrons. The van der Waals surface area contributed by atoms with Crippen molar-refractivity contribution in [3.63, 3.8) is 0 Å². The molecule has 1 saturated heterocycles. The third-order valence-electron chi connectivity index (χ3n) is 7.02. The average Bonchev–Trinajstić information content (AvgIpc) is 3.45. The summed E-state index contributed by atoms with van der Waals surface area (Å²) in [7, 11) is 1.21. The van der Waals surface area contributed by atoms with E-state index >= 15 is 0 Å². The summed E-state index contributed by atoms with van der Waals surface area (Å²) in [5.74, 6) is -1.09. The fourth-order valence-electron chi connectivity index (χ4n) is 4.90. The third kappa shape index (κ3) is 8.49. The number of esters is 2. The maximum atomic E-state index is 13.0. The molecule has 2 aromatic heterocycles. The van der Waals surface area contributed by atoms with Crippen LogP contribution in [0, 0.1) is 22.7 Å². The van der Waals surface area contributed by atoms with Crippen molar-refractivity contribution in [1.29, 1.82) is 10.5 Å². The van der Waals surface area contributed by atoms with Crippen molar-refractivity contribution in [1.82, 2.24) is 24.9 Å². The number of carbonyl (C=O) groups is 3. The number of imidazole rings is 1. The summed E-state index contributed by atoms with van der Waals surface area (Å²) in [4.78, 5) is 47.9. The zero-order chi connectivity index (χ0) is 35.2. The van der Waals surface area contributed by atoms with Gasteiger partial charge in [0, 0.05) is 13.1 Å². The number of halogens is 1. The molecule has 1 aromatic carbocycles. The molecular weight excluding hydrogens is 646 g/mol. The molecule has 1 fully saturated rings. The number of anilines is 4. The van der Waals surface area contributed by atoms with Crippen LogP contribution in [0.15, 0.2) is 18.3 Å². The number of hydrogen-bond donors (Lipinski definition) is 4. The molecule has 0 spiro atoms. The Labute approximate surface area is 281 Å². The van der Waals surface area contributed by atoms with Crippen LogP contribution in [0.25, 0.3) is 5.65 Å². The molecule has 18 heteroatoms. The molecular formula is C30H36ClN11O6. The molecule has 3 atom stereocenters. The molecule has 3 aromatic rings. The predicted molar refractivity (Wildman–Crippen MR) is 174 cm³/mol. The van der Waals surface area contributed by atoms with E-state index in [0.717, 1.165) is 0 Å². The minimum atomic E-state index is -1.26. The van der Waals surface area contributed by atoms with Crippen molar-refractivity contribution in [2.75, 3.05) is 42.3 Å². The van der Waals surface area contributed by atoms with Crippen LogP contribution < -0.4 is 26.6 Å². The number of amides is 1. The van der Waals surface area contributed by atoms with Crippen LogP contribution >= 0.6 is 11.6 Å². The van der Waals surface area contributed by atoms with E-state index in [9.17, 15) is 24.9 Å². The van der Waals surface area contributed by atoms with Crippen molar-refractivity contribution >= 4 is 58.4 Å². The fraction of sp³-hybridized carbons (Fsp3) is 0.467. The number of nitriles is 2. The Hall–Kier alpha value is -5.39. The first kappa shape index (κ1) is 35.5. The van der Waals surface area contributed by atoms with E-state index in [-0.39, 0.29) is 34.5 Å². The molecule has 5 N–H and O–H groups in total. The SMILES string of the molecule is CCNc1nc(Nc2cc(C#N)cc(N3CCC(NC(=O)OC)C(OC(=O)CC(N)C(=O)OC(C)(C)C)C3)c2Cl)nn2c(C#N)cnc12. The summed E-state index contributed by atoms with van der Waals surface area (Å²) in [6.07, 6.45) is -0.428. The van der Waals surface area contributed by atoms with Gasteiger partial charge in [-0.3, -0.25) is 9.59 Å². The maximum absolute atomic E-state index is 13.0. The largest absolute Gasteiger partial charge is 0.459 e. The topological polar surface area (TPSA) is 235 Å².